The van der Waals surface area contributed by atoms with Crippen molar-refractivity contribution >= 4 is 37.8 Å². The van der Waals surface area contributed by atoms with Gasteiger partial charge in [0, 0.05) is 28.5 Å². The van der Waals surface area contributed by atoms with E-state index in [9.17, 15) is 4.79 Å². The minimum absolute atomic E-state index is 0.0892. The van der Waals surface area contributed by atoms with Gasteiger partial charge in [-0.1, -0.05) is 31.9 Å². The normalized spacial score (nSPS) is 10.2. The maximum Gasteiger partial charge on any atom is 0.253 e. The molecule has 1 rings (SSSR count). The van der Waals surface area contributed by atoms with Crippen molar-refractivity contribution in [2.45, 2.75) is 13.8 Å². The summed E-state index contributed by atoms with van der Waals surface area (Å²) in [6, 6.07) is 5.79. The van der Waals surface area contributed by atoms with Gasteiger partial charge in [0.1, 0.15) is 0 Å². The summed E-state index contributed by atoms with van der Waals surface area (Å²) in [6.07, 6.45) is 0. The first kappa shape index (κ1) is 13.7. The predicted molar refractivity (Wildman–Crippen MR) is 74.3 cm³/mol. The van der Waals surface area contributed by atoms with Gasteiger partial charge in [-0.15, -0.1) is 0 Å². The minimum Gasteiger partial charge on any atom is -0.338 e. The Hall–Kier alpha value is -0.350. The summed E-state index contributed by atoms with van der Waals surface area (Å²) in [5, 5.41) is 0.805. The number of nitrogens with zero attached hydrogens (tertiary/aromatic N) is 1. The van der Waals surface area contributed by atoms with E-state index in [2.05, 4.69) is 31.9 Å². The molecule has 0 unspecified atom stereocenters. The molecule has 0 atom stereocenters. The summed E-state index contributed by atoms with van der Waals surface area (Å²) < 4.78 is 0.950. The van der Waals surface area contributed by atoms with Crippen LogP contribution in [0.3, 0.4) is 0 Å². The molecule has 4 heteroatoms. The highest BCUT2D eigenvalue weighted by atomic mass is 79.9. The van der Waals surface area contributed by atoms with Gasteiger partial charge >= 0.3 is 0 Å². The molecule has 0 heterocycles. The summed E-state index contributed by atoms with van der Waals surface area (Å²) in [5.74, 6) is 0.0892. The van der Waals surface area contributed by atoms with E-state index < -0.39 is 0 Å². The molecule has 1 aromatic rings. The van der Waals surface area contributed by atoms with Crippen LogP contribution in [0.25, 0.3) is 0 Å². The lowest BCUT2D eigenvalue weighted by atomic mass is 10.1. The van der Waals surface area contributed by atoms with E-state index >= 15 is 0 Å². The lowest BCUT2D eigenvalue weighted by Crippen LogP contribution is -2.32. The van der Waals surface area contributed by atoms with Crippen LogP contribution < -0.4 is 0 Å². The van der Waals surface area contributed by atoms with Crippen LogP contribution in [0.15, 0.2) is 22.7 Å². The molecule has 2 nitrogen and oxygen atoms in total. The van der Waals surface area contributed by atoms with E-state index in [1.54, 1.807) is 0 Å². The Labute approximate surface area is 113 Å². The van der Waals surface area contributed by atoms with Crippen molar-refractivity contribution < 1.29 is 4.79 Å². The monoisotopic (exact) mass is 347 g/mol. The first-order valence-electron chi connectivity index (χ1n) is 5.21. The maximum atomic E-state index is 12.2. The van der Waals surface area contributed by atoms with E-state index in [0.29, 0.717) is 0 Å². The molecule has 0 N–H and O–H groups in total. The van der Waals surface area contributed by atoms with Crippen LogP contribution in [0.1, 0.15) is 22.8 Å². The second-order valence-electron chi connectivity index (χ2n) is 3.59. The SMILES string of the molecule is CCN(CCBr)C(=O)c1cc(C)cc(Br)c1. The largest absolute Gasteiger partial charge is 0.338 e. The number of alkyl halides is 1. The maximum absolute atomic E-state index is 12.2. The van der Waals surface area contributed by atoms with Crippen LogP contribution in [0.5, 0.6) is 0 Å². The van der Waals surface area contributed by atoms with Crippen molar-refractivity contribution in [3.8, 4) is 0 Å². The summed E-state index contributed by atoms with van der Waals surface area (Å²) in [6.45, 7) is 5.45. The lowest BCUT2D eigenvalue weighted by Gasteiger charge is -2.20. The number of hydrogen-bond acceptors (Lipinski definition) is 1. The molecule has 1 amide bonds. The average molecular weight is 349 g/mol. The van der Waals surface area contributed by atoms with Gasteiger partial charge in [0.15, 0.2) is 0 Å². The standard InChI is InChI=1S/C12H15Br2NO/c1-3-15(5-4-13)12(16)10-6-9(2)7-11(14)8-10/h6-8H,3-5H2,1-2H3. The van der Waals surface area contributed by atoms with Gasteiger partial charge in [-0.2, -0.15) is 0 Å². The number of carbonyl (C=O) groups excluding carboxylic acids is 1. The molecule has 88 valence electrons. The van der Waals surface area contributed by atoms with Crippen molar-refractivity contribution in [2.75, 3.05) is 18.4 Å². The zero-order valence-electron chi connectivity index (χ0n) is 9.46. The number of carbonyl (C=O) groups is 1. The molecule has 0 aromatic heterocycles. The molecule has 0 aliphatic carbocycles. The van der Waals surface area contributed by atoms with E-state index in [0.717, 1.165) is 34.0 Å². The van der Waals surface area contributed by atoms with Gasteiger partial charge < -0.3 is 4.90 Å². The summed E-state index contributed by atoms with van der Waals surface area (Å²) in [5.41, 5.74) is 1.84. The van der Waals surface area contributed by atoms with Gasteiger partial charge in [0.25, 0.3) is 5.91 Å². The van der Waals surface area contributed by atoms with Gasteiger partial charge in [-0.3, -0.25) is 4.79 Å². The quantitative estimate of drug-likeness (QED) is 0.761. The van der Waals surface area contributed by atoms with Crippen LogP contribution in [-0.2, 0) is 0 Å². The number of hydrogen-bond donors (Lipinski definition) is 0. The molecule has 0 saturated heterocycles. The van der Waals surface area contributed by atoms with Crippen molar-refractivity contribution in [1.29, 1.82) is 0 Å². The molecule has 0 aliphatic rings. The Morgan fingerprint density at radius 2 is 2.06 bits per heavy atom. The van der Waals surface area contributed by atoms with Gasteiger partial charge in [0.05, 0.1) is 0 Å². The van der Waals surface area contributed by atoms with Crippen LogP contribution in [0.4, 0.5) is 0 Å². The van der Waals surface area contributed by atoms with Crippen molar-refractivity contribution in [3.05, 3.63) is 33.8 Å². The van der Waals surface area contributed by atoms with Crippen LogP contribution in [0, 0.1) is 6.92 Å². The van der Waals surface area contributed by atoms with Crippen molar-refractivity contribution in [1.82, 2.24) is 4.90 Å². The Morgan fingerprint density at radius 3 is 2.56 bits per heavy atom. The highest BCUT2D eigenvalue weighted by molar-refractivity contribution is 9.10. The molecule has 1 aromatic carbocycles. The first-order valence-corrected chi connectivity index (χ1v) is 7.12. The molecule has 0 radical (unpaired) electrons. The summed E-state index contributed by atoms with van der Waals surface area (Å²) >= 11 is 6.77. The van der Waals surface area contributed by atoms with Crippen LogP contribution >= 0.6 is 31.9 Å². The molecule has 16 heavy (non-hydrogen) atoms. The predicted octanol–water partition coefficient (Wildman–Crippen LogP) is 3.61. The highest BCUT2D eigenvalue weighted by Crippen LogP contribution is 2.16. The third kappa shape index (κ3) is 3.59. The number of halogens is 2. The molecule has 0 aliphatic heterocycles. The van der Waals surface area contributed by atoms with E-state index in [1.165, 1.54) is 0 Å². The molecule has 0 fully saturated rings. The highest BCUT2D eigenvalue weighted by Gasteiger charge is 2.13. The van der Waals surface area contributed by atoms with E-state index in [4.69, 9.17) is 0 Å². The fraction of sp³-hybridized carbons (Fsp3) is 0.417. The molecule has 0 spiro atoms. The Balaban J connectivity index is 2.94. The van der Waals surface area contributed by atoms with Crippen molar-refractivity contribution in [2.24, 2.45) is 0 Å². The van der Waals surface area contributed by atoms with Crippen LogP contribution in [-0.4, -0.2) is 29.2 Å². The molecule has 0 saturated carbocycles. The van der Waals surface area contributed by atoms with Gasteiger partial charge in [0.2, 0.25) is 0 Å². The fourth-order valence-corrected chi connectivity index (χ4v) is 2.58. The number of aryl methyl sites for hydroxylation is 1. The first-order chi connectivity index (χ1) is 7.58. The minimum atomic E-state index is 0.0892. The average Bonchev–Trinajstić information content (AvgIpc) is 2.23. The molecular weight excluding hydrogens is 334 g/mol. The third-order valence-electron chi connectivity index (χ3n) is 2.31. The summed E-state index contributed by atoms with van der Waals surface area (Å²) in [4.78, 5) is 14.0. The van der Waals surface area contributed by atoms with E-state index in [-0.39, 0.29) is 5.91 Å². The summed E-state index contributed by atoms with van der Waals surface area (Å²) in [7, 11) is 0. The fourth-order valence-electron chi connectivity index (χ4n) is 1.55. The third-order valence-corrected chi connectivity index (χ3v) is 3.12. The van der Waals surface area contributed by atoms with Gasteiger partial charge in [-0.05, 0) is 37.6 Å². The zero-order chi connectivity index (χ0) is 12.1. The van der Waals surface area contributed by atoms with Crippen molar-refractivity contribution in [3.63, 3.8) is 0 Å². The van der Waals surface area contributed by atoms with E-state index in [1.807, 2.05) is 36.9 Å². The van der Waals surface area contributed by atoms with Gasteiger partial charge in [-0.25, -0.2) is 0 Å². The number of rotatable bonds is 4. The van der Waals surface area contributed by atoms with Crippen LogP contribution in [0.2, 0.25) is 0 Å². The topological polar surface area (TPSA) is 20.3 Å². The number of amides is 1. The molecule has 0 bridgehead atoms. The Bertz CT molecular complexity index is 359. The zero-order valence-corrected chi connectivity index (χ0v) is 12.6. The molecular formula is C12H15Br2NO. The second-order valence-corrected chi connectivity index (χ2v) is 5.30. The Morgan fingerprint density at radius 1 is 1.38 bits per heavy atom. The number of benzene rings is 1. The lowest BCUT2D eigenvalue weighted by molar-refractivity contribution is 0.0774. The smallest absolute Gasteiger partial charge is 0.253 e. The Kier molecular flexibility index (Phi) is 5.49. The second kappa shape index (κ2) is 6.40.